The second-order valence-corrected chi connectivity index (χ2v) is 5.59. The van der Waals surface area contributed by atoms with Crippen molar-refractivity contribution in [2.45, 2.75) is 0 Å². The van der Waals surface area contributed by atoms with Gasteiger partial charge in [0, 0.05) is 17.7 Å². The summed E-state index contributed by atoms with van der Waals surface area (Å²) in [7, 11) is 0. The Hall–Kier alpha value is -3.45. The normalized spacial score (nSPS) is 10.8. The third-order valence-corrected chi connectivity index (χ3v) is 3.80. The fraction of sp³-hybridized carbons (Fsp3) is 0. The Labute approximate surface area is 153 Å². The van der Waals surface area contributed by atoms with Gasteiger partial charge in [-0.3, -0.25) is 14.9 Å². The van der Waals surface area contributed by atoms with Gasteiger partial charge in [0.05, 0.1) is 21.7 Å². The van der Waals surface area contributed by atoms with E-state index < -0.39 is 10.8 Å². The Morgan fingerprint density at radius 3 is 2.54 bits per heavy atom. The molecular weight excluding hydrogens is 358 g/mol. The van der Waals surface area contributed by atoms with Crippen LogP contribution in [0.1, 0.15) is 16.1 Å². The number of carbonyl (C=O) groups excluding carboxylic acids is 1. The van der Waals surface area contributed by atoms with Gasteiger partial charge in [0.1, 0.15) is 11.5 Å². The maximum absolute atomic E-state index is 12.0. The predicted molar refractivity (Wildman–Crippen MR) is 97.3 cm³/mol. The number of hydrogen-bond acceptors (Lipinski definition) is 5. The largest absolute Gasteiger partial charge is 0.455 e. The van der Waals surface area contributed by atoms with Crippen LogP contribution in [0.4, 0.5) is 5.69 Å². The molecule has 2 aromatic carbocycles. The Balaban J connectivity index is 1.66. The molecule has 26 heavy (non-hydrogen) atoms. The van der Waals surface area contributed by atoms with Crippen LogP contribution in [0.3, 0.4) is 0 Å². The molecule has 1 heterocycles. The Morgan fingerprint density at radius 2 is 1.85 bits per heavy atom. The molecule has 3 rings (SSSR count). The highest BCUT2D eigenvalue weighted by atomic mass is 35.5. The molecule has 0 saturated heterocycles. The van der Waals surface area contributed by atoms with E-state index in [9.17, 15) is 14.9 Å². The molecule has 1 aromatic heterocycles. The summed E-state index contributed by atoms with van der Waals surface area (Å²) in [5, 5.41) is 14.8. The molecule has 0 radical (unpaired) electrons. The van der Waals surface area contributed by atoms with Gasteiger partial charge in [-0.15, -0.1) is 0 Å². The van der Waals surface area contributed by atoms with Crippen molar-refractivity contribution in [2.75, 3.05) is 0 Å². The molecule has 0 atom stereocenters. The standard InChI is InChI=1S/C18H12ClN3O4/c19-16-4-2-1-3-15(16)18(23)21-20-11-14-9-10-17(26-14)12-5-7-13(8-6-12)22(24)25/h1-11H,(H,21,23). The summed E-state index contributed by atoms with van der Waals surface area (Å²) in [5.74, 6) is 0.505. The van der Waals surface area contributed by atoms with E-state index in [1.54, 1.807) is 48.5 Å². The Morgan fingerprint density at radius 1 is 1.12 bits per heavy atom. The predicted octanol–water partition coefficient (Wildman–Crippen LogP) is 4.27. The number of hydrazone groups is 1. The van der Waals surface area contributed by atoms with Crippen molar-refractivity contribution in [3.05, 3.63) is 87.1 Å². The molecule has 0 fully saturated rings. The monoisotopic (exact) mass is 369 g/mol. The van der Waals surface area contributed by atoms with Gasteiger partial charge in [-0.05, 0) is 36.4 Å². The van der Waals surface area contributed by atoms with E-state index in [4.69, 9.17) is 16.0 Å². The van der Waals surface area contributed by atoms with Crippen LogP contribution in [-0.2, 0) is 0 Å². The third kappa shape index (κ3) is 3.96. The first-order chi connectivity index (χ1) is 12.5. The molecule has 8 heteroatoms. The van der Waals surface area contributed by atoms with E-state index in [0.29, 0.717) is 27.7 Å². The van der Waals surface area contributed by atoms with Gasteiger partial charge < -0.3 is 4.42 Å². The van der Waals surface area contributed by atoms with Crippen molar-refractivity contribution < 1.29 is 14.1 Å². The minimum atomic E-state index is -0.467. The molecule has 0 unspecified atom stereocenters. The molecule has 0 spiro atoms. The van der Waals surface area contributed by atoms with Crippen LogP contribution >= 0.6 is 11.6 Å². The Bertz CT molecular complexity index is 980. The minimum absolute atomic E-state index is 0.00405. The first-order valence-electron chi connectivity index (χ1n) is 7.47. The zero-order valence-electron chi connectivity index (χ0n) is 13.3. The minimum Gasteiger partial charge on any atom is -0.455 e. The lowest BCUT2D eigenvalue weighted by molar-refractivity contribution is -0.384. The highest BCUT2D eigenvalue weighted by Gasteiger charge is 2.09. The average Bonchev–Trinajstić information content (AvgIpc) is 3.11. The summed E-state index contributed by atoms with van der Waals surface area (Å²) >= 11 is 5.94. The summed E-state index contributed by atoms with van der Waals surface area (Å²) in [6.45, 7) is 0. The highest BCUT2D eigenvalue weighted by Crippen LogP contribution is 2.24. The lowest BCUT2D eigenvalue weighted by atomic mass is 10.1. The summed E-state index contributed by atoms with van der Waals surface area (Å²) in [5.41, 5.74) is 3.38. The second kappa shape index (κ2) is 7.62. The van der Waals surface area contributed by atoms with Crippen molar-refractivity contribution in [3.63, 3.8) is 0 Å². The molecule has 130 valence electrons. The fourth-order valence-corrected chi connectivity index (χ4v) is 2.41. The van der Waals surface area contributed by atoms with E-state index in [1.807, 2.05) is 0 Å². The topological polar surface area (TPSA) is 97.7 Å². The smallest absolute Gasteiger partial charge is 0.272 e. The first kappa shape index (κ1) is 17.4. The molecular formula is C18H12ClN3O4. The van der Waals surface area contributed by atoms with Crippen molar-refractivity contribution in [3.8, 4) is 11.3 Å². The maximum Gasteiger partial charge on any atom is 0.272 e. The van der Waals surface area contributed by atoms with Gasteiger partial charge in [0.2, 0.25) is 0 Å². The number of furan rings is 1. The summed E-state index contributed by atoms with van der Waals surface area (Å²) < 4.78 is 5.58. The van der Waals surface area contributed by atoms with Crippen LogP contribution in [-0.4, -0.2) is 17.0 Å². The summed E-state index contributed by atoms with van der Waals surface area (Å²) in [6, 6.07) is 16.0. The summed E-state index contributed by atoms with van der Waals surface area (Å²) in [6.07, 6.45) is 1.35. The number of nitro benzene ring substituents is 1. The van der Waals surface area contributed by atoms with Gasteiger partial charge in [-0.2, -0.15) is 5.10 Å². The third-order valence-electron chi connectivity index (χ3n) is 3.47. The molecule has 7 nitrogen and oxygen atoms in total. The molecule has 1 N–H and O–H groups in total. The van der Waals surface area contributed by atoms with Gasteiger partial charge in [0.25, 0.3) is 11.6 Å². The van der Waals surface area contributed by atoms with Crippen LogP contribution in [0.25, 0.3) is 11.3 Å². The van der Waals surface area contributed by atoms with Crippen molar-refractivity contribution in [1.82, 2.24) is 5.43 Å². The lowest BCUT2D eigenvalue weighted by Gasteiger charge is -2.01. The number of amides is 1. The molecule has 0 aliphatic rings. The van der Waals surface area contributed by atoms with Crippen LogP contribution in [0.2, 0.25) is 5.02 Å². The highest BCUT2D eigenvalue weighted by molar-refractivity contribution is 6.33. The number of halogens is 1. The number of nitrogens with zero attached hydrogens (tertiary/aromatic N) is 2. The van der Waals surface area contributed by atoms with Crippen LogP contribution in [0, 0.1) is 10.1 Å². The number of hydrogen-bond donors (Lipinski definition) is 1. The van der Waals surface area contributed by atoms with E-state index in [-0.39, 0.29) is 5.69 Å². The zero-order valence-corrected chi connectivity index (χ0v) is 14.0. The number of benzene rings is 2. The van der Waals surface area contributed by atoms with Crippen LogP contribution in [0.15, 0.2) is 70.2 Å². The first-order valence-corrected chi connectivity index (χ1v) is 7.85. The van der Waals surface area contributed by atoms with Crippen molar-refractivity contribution in [1.29, 1.82) is 0 Å². The van der Waals surface area contributed by atoms with Gasteiger partial charge in [0.15, 0.2) is 0 Å². The number of carbonyl (C=O) groups is 1. The quantitative estimate of drug-likeness (QED) is 0.412. The zero-order chi connectivity index (χ0) is 18.5. The number of rotatable bonds is 5. The molecule has 0 aliphatic carbocycles. The van der Waals surface area contributed by atoms with Gasteiger partial charge in [-0.1, -0.05) is 23.7 Å². The second-order valence-electron chi connectivity index (χ2n) is 5.18. The number of nitro groups is 1. The fourth-order valence-electron chi connectivity index (χ4n) is 2.18. The van der Waals surface area contributed by atoms with Gasteiger partial charge >= 0.3 is 0 Å². The van der Waals surface area contributed by atoms with E-state index in [1.165, 1.54) is 18.3 Å². The Kier molecular flexibility index (Phi) is 5.09. The van der Waals surface area contributed by atoms with E-state index in [2.05, 4.69) is 10.5 Å². The lowest BCUT2D eigenvalue weighted by Crippen LogP contribution is -2.17. The van der Waals surface area contributed by atoms with Crippen LogP contribution in [0.5, 0.6) is 0 Å². The van der Waals surface area contributed by atoms with Crippen molar-refractivity contribution in [2.24, 2.45) is 5.10 Å². The van der Waals surface area contributed by atoms with E-state index >= 15 is 0 Å². The molecule has 0 bridgehead atoms. The SMILES string of the molecule is O=C(NN=Cc1ccc(-c2ccc([N+](=O)[O-])cc2)o1)c1ccccc1Cl. The number of nitrogens with one attached hydrogen (secondary N) is 1. The average molecular weight is 370 g/mol. The molecule has 0 aliphatic heterocycles. The summed E-state index contributed by atoms with van der Waals surface area (Å²) in [4.78, 5) is 22.2. The molecule has 0 saturated carbocycles. The van der Waals surface area contributed by atoms with Crippen molar-refractivity contribution >= 4 is 29.4 Å². The van der Waals surface area contributed by atoms with E-state index in [0.717, 1.165) is 0 Å². The molecule has 3 aromatic rings. The van der Waals surface area contributed by atoms with Crippen LogP contribution < -0.4 is 5.43 Å². The maximum atomic E-state index is 12.0. The molecule has 1 amide bonds. The number of non-ortho nitro benzene ring substituents is 1. The van der Waals surface area contributed by atoms with Gasteiger partial charge in [-0.25, -0.2) is 5.43 Å².